The maximum atomic E-state index is 13.7. The minimum absolute atomic E-state index is 0.140. The van der Waals surface area contributed by atoms with Crippen LogP contribution in [0.15, 0.2) is 97.1 Å². The molecule has 0 aromatic heterocycles. The highest BCUT2D eigenvalue weighted by Gasteiger charge is 2.48. The molecule has 0 bridgehead atoms. The number of hydrogen-bond acceptors (Lipinski definition) is 7. The highest BCUT2D eigenvalue weighted by Crippen LogP contribution is 2.46. The van der Waals surface area contributed by atoms with Crippen molar-refractivity contribution in [2.24, 2.45) is 5.92 Å². The van der Waals surface area contributed by atoms with Crippen LogP contribution in [-0.4, -0.2) is 62.5 Å². The Morgan fingerprint density at radius 3 is 2.07 bits per heavy atom. The van der Waals surface area contributed by atoms with Crippen LogP contribution in [0.5, 0.6) is 0 Å². The summed E-state index contributed by atoms with van der Waals surface area (Å²) >= 11 is 0. The second-order valence-electron chi connectivity index (χ2n) is 11.9. The minimum atomic E-state index is -1.49. The highest BCUT2D eigenvalue weighted by molar-refractivity contribution is 6.03. The van der Waals surface area contributed by atoms with Crippen LogP contribution >= 0.6 is 0 Å². The Hall–Kier alpha value is -4.03. The molecule has 10 heteroatoms. The van der Waals surface area contributed by atoms with Gasteiger partial charge in [-0.1, -0.05) is 54.6 Å². The molecule has 0 unspecified atom stereocenters. The lowest BCUT2D eigenvalue weighted by molar-refractivity contribution is -0.231. The number of rotatable bonds is 9. The van der Waals surface area contributed by atoms with E-state index in [2.05, 4.69) is 0 Å². The van der Waals surface area contributed by atoms with Crippen molar-refractivity contribution in [1.82, 2.24) is 0 Å². The van der Waals surface area contributed by atoms with Gasteiger partial charge in [-0.3, -0.25) is 4.79 Å². The molecule has 1 amide bonds. The molecule has 6 rings (SSSR count). The van der Waals surface area contributed by atoms with Gasteiger partial charge in [0.15, 0.2) is 0 Å². The SMILES string of the molecule is O=C1[C@H](CC[C@H](O)c2ccc(F)cc2)[C@@H](c2ccc(-c3cccc([C@@H]4O[C@H](CO)[C@@H](O)[C@H](O)[C@H]4O)c3)cc2)N1c1ccc(F)cc1. The van der Waals surface area contributed by atoms with E-state index in [1.54, 1.807) is 35.2 Å². The average Bonchev–Trinajstić information content (AvgIpc) is 3.07. The number of anilines is 1. The van der Waals surface area contributed by atoms with Crippen molar-refractivity contribution in [2.75, 3.05) is 11.5 Å². The molecule has 5 N–H and O–H groups in total. The normalized spacial score (nSPS) is 26.9. The van der Waals surface area contributed by atoms with Crippen LogP contribution in [0.2, 0.25) is 0 Å². The van der Waals surface area contributed by atoms with Gasteiger partial charge in [-0.2, -0.15) is 0 Å². The first kappa shape index (κ1) is 31.9. The molecule has 0 radical (unpaired) electrons. The first-order valence-corrected chi connectivity index (χ1v) is 15.2. The Labute approximate surface area is 264 Å². The number of nitrogens with zero attached hydrogens (tertiary/aromatic N) is 1. The standard InChI is InChI=1S/C36H35F2NO7/c37-25-10-8-21(9-11-25)29(41)17-16-28-31(39(36(28)45)27-14-12-26(38)13-15-27)22-6-4-20(5-7-22)23-2-1-3-24(18-23)35-34(44)33(43)32(42)30(19-40)46-35/h1-15,18,28-35,40-44H,16-17,19H2/t28-,29+,30-,31-,32-,33+,34-,35+/m1/s1. The van der Waals surface area contributed by atoms with Crippen molar-refractivity contribution in [1.29, 1.82) is 0 Å². The molecule has 4 aromatic rings. The third kappa shape index (κ3) is 6.20. The predicted octanol–water partition coefficient (Wildman–Crippen LogP) is 4.36. The van der Waals surface area contributed by atoms with Crippen LogP contribution in [0.3, 0.4) is 0 Å². The van der Waals surface area contributed by atoms with Gasteiger partial charge in [-0.25, -0.2) is 8.78 Å². The van der Waals surface area contributed by atoms with Gasteiger partial charge < -0.3 is 35.2 Å². The van der Waals surface area contributed by atoms with E-state index in [0.29, 0.717) is 29.7 Å². The van der Waals surface area contributed by atoms with Crippen molar-refractivity contribution >= 4 is 11.6 Å². The largest absolute Gasteiger partial charge is 0.394 e. The Kier molecular flexibility index (Phi) is 9.28. The molecule has 8 nitrogen and oxygen atoms in total. The minimum Gasteiger partial charge on any atom is -0.394 e. The molecule has 4 aromatic carbocycles. The predicted molar refractivity (Wildman–Crippen MR) is 165 cm³/mol. The summed E-state index contributed by atoms with van der Waals surface area (Å²) in [4.78, 5) is 15.1. The van der Waals surface area contributed by atoms with E-state index in [1.807, 2.05) is 30.3 Å². The van der Waals surface area contributed by atoms with Gasteiger partial charge >= 0.3 is 0 Å². The summed E-state index contributed by atoms with van der Waals surface area (Å²) in [6, 6.07) is 25.8. The van der Waals surface area contributed by atoms with Crippen LogP contribution < -0.4 is 4.90 Å². The number of amides is 1. The lowest BCUT2D eigenvalue weighted by Crippen LogP contribution is -2.55. The molecule has 2 saturated heterocycles. The molecule has 0 aliphatic carbocycles. The second-order valence-corrected chi connectivity index (χ2v) is 11.9. The highest BCUT2D eigenvalue weighted by atomic mass is 19.1. The zero-order chi connectivity index (χ0) is 32.5. The quantitative estimate of drug-likeness (QED) is 0.174. The number of ether oxygens (including phenoxy) is 1. The van der Waals surface area contributed by atoms with Gasteiger partial charge in [0, 0.05) is 5.69 Å². The Bertz CT molecular complexity index is 1650. The summed E-state index contributed by atoms with van der Waals surface area (Å²) in [5.74, 6) is -1.40. The summed E-state index contributed by atoms with van der Waals surface area (Å²) in [5.41, 5.74) is 4.15. The van der Waals surface area contributed by atoms with Crippen molar-refractivity contribution in [3.05, 3.63) is 125 Å². The fourth-order valence-corrected chi connectivity index (χ4v) is 6.43. The fourth-order valence-electron chi connectivity index (χ4n) is 6.43. The van der Waals surface area contributed by atoms with Gasteiger partial charge in [0.25, 0.3) is 0 Å². The number of halogens is 2. The van der Waals surface area contributed by atoms with Gasteiger partial charge in [0.05, 0.1) is 24.7 Å². The molecule has 46 heavy (non-hydrogen) atoms. The summed E-state index contributed by atoms with van der Waals surface area (Å²) in [7, 11) is 0. The Morgan fingerprint density at radius 2 is 1.41 bits per heavy atom. The molecule has 0 saturated carbocycles. The van der Waals surface area contributed by atoms with E-state index in [9.17, 15) is 39.1 Å². The maximum Gasteiger partial charge on any atom is 0.233 e. The van der Waals surface area contributed by atoms with Gasteiger partial charge in [0.2, 0.25) is 5.91 Å². The van der Waals surface area contributed by atoms with Gasteiger partial charge in [0.1, 0.15) is 42.2 Å². The van der Waals surface area contributed by atoms with E-state index in [4.69, 9.17) is 4.74 Å². The van der Waals surface area contributed by atoms with E-state index in [1.165, 1.54) is 36.4 Å². The van der Waals surface area contributed by atoms with Crippen LogP contribution in [0.1, 0.15) is 47.8 Å². The third-order valence-corrected chi connectivity index (χ3v) is 9.02. The van der Waals surface area contributed by atoms with Crippen LogP contribution in [0.25, 0.3) is 11.1 Å². The monoisotopic (exact) mass is 631 g/mol. The Morgan fingerprint density at radius 1 is 0.761 bits per heavy atom. The van der Waals surface area contributed by atoms with Crippen LogP contribution in [-0.2, 0) is 9.53 Å². The summed E-state index contributed by atoms with van der Waals surface area (Å²) in [6.45, 7) is -0.520. The third-order valence-electron chi connectivity index (χ3n) is 9.02. The lowest BCUT2D eigenvalue weighted by atomic mass is 9.78. The molecule has 0 spiro atoms. The van der Waals surface area contributed by atoms with Crippen molar-refractivity contribution in [3.8, 4) is 11.1 Å². The molecule has 2 fully saturated rings. The van der Waals surface area contributed by atoms with E-state index < -0.39 is 60.8 Å². The summed E-state index contributed by atoms with van der Waals surface area (Å²) in [5, 5.41) is 51.3. The molecule has 240 valence electrons. The van der Waals surface area contributed by atoms with Crippen LogP contribution in [0.4, 0.5) is 14.5 Å². The number of carbonyl (C=O) groups excluding carboxylic acids is 1. The topological polar surface area (TPSA) is 131 Å². The van der Waals surface area contributed by atoms with Crippen molar-refractivity contribution < 1.29 is 43.8 Å². The molecule has 2 aliphatic heterocycles. The lowest BCUT2D eigenvalue weighted by Gasteiger charge is -2.48. The van der Waals surface area contributed by atoms with E-state index in [0.717, 1.165) is 16.7 Å². The number of carbonyl (C=O) groups is 1. The number of β-lactam (4-membered cyclic amide) rings is 1. The second kappa shape index (κ2) is 13.4. The molecular weight excluding hydrogens is 596 g/mol. The fraction of sp³-hybridized carbons (Fsp3) is 0.306. The van der Waals surface area contributed by atoms with Gasteiger partial charge in [-0.05, 0) is 83.1 Å². The zero-order valence-electron chi connectivity index (χ0n) is 24.7. The van der Waals surface area contributed by atoms with Crippen LogP contribution in [0, 0.1) is 17.6 Å². The molecule has 2 heterocycles. The smallest absolute Gasteiger partial charge is 0.233 e. The first-order valence-electron chi connectivity index (χ1n) is 15.2. The molecule has 8 atom stereocenters. The molecular formula is C36H35F2NO7. The number of benzene rings is 4. The summed E-state index contributed by atoms with van der Waals surface area (Å²) < 4.78 is 32.8. The maximum absolute atomic E-state index is 13.7. The average molecular weight is 632 g/mol. The van der Waals surface area contributed by atoms with E-state index >= 15 is 0 Å². The van der Waals surface area contributed by atoms with Crippen molar-refractivity contribution in [2.45, 2.75) is 55.5 Å². The number of aliphatic hydroxyl groups is 5. The Balaban J connectivity index is 1.24. The number of aliphatic hydroxyl groups excluding tert-OH is 5. The molecule has 2 aliphatic rings. The first-order chi connectivity index (χ1) is 22.2. The van der Waals surface area contributed by atoms with E-state index in [-0.39, 0.29) is 11.9 Å². The zero-order valence-corrected chi connectivity index (χ0v) is 24.7. The van der Waals surface area contributed by atoms with Crippen molar-refractivity contribution in [3.63, 3.8) is 0 Å². The van der Waals surface area contributed by atoms with Gasteiger partial charge in [-0.15, -0.1) is 0 Å². The number of hydrogen-bond donors (Lipinski definition) is 5. The summed E-state index contributed by atoms with van der Waals surface area (Å²) in [6.07, 6.45) is -6.53.